The van der Waals surface area contributed by atoms with Gasteiger partial charge in [-0.25, -0.2) is 22.2 Å². The number of amides is 1. The molecule has 2 aromatic heterocycles. The number of benzene rings is 2. The van der Waals surface area contributed by atoms with Crippen LogP contribution in [0.25, 0.3) is 22.3 Å². The minimum absolute atomic E-state index is 0.189. The SMILES string of the molecule is Cc1cncc(-c2cc3c4c(ccc3n2S(=O)(=O)c2ccccc2)[C@H](NC(=O)OC(C)(C)C)CC4)n1. The fourth-order valence-corrected chi connectivity index (χ4v) is 6.24. The summed E-state index contributed by atoms with van der Waals surface area (Å²) in [5.41, 5.74) is 3.55. The lowest BCUT2D eigenvalue weighted by Gasteiger charge is -2.22. The number of aryl methyl sites for hydroxylation is 2. The standard InChI is InChI=1S/C27H28N4O4S/c1-17-15-28-16-23(29-17)25-14-21-19-10-12-22(30-26(32)35-27(2,3)4)20(19)11-13-24(21)31(25)36(33,34)18-8-6-5-7-9-18/h5-9,11,13-16,22H,10,12H2,1-4H3,(H,30,32)/t22-/m1/s1. The Morgan fingerprint density at radius 2 is 1.86 bits per heavy atom. The summed E-state index contributed by atoms with van der Waals surface area (Å²) in [6.07, 6.45) is 4.13. The Morgan fingerprint density at radius 3 is 2.56 bits per heavy atom. The molecule has 2 aromatic carbocycles. The normalized spacial score (nSPS) is 15.6. The van der Waals surface area contributed by atoms with Crippen LogP contribution in [0.2, 0.25) is 0 Å². The van der Waals surface area contributed by atoms with E-state index >= 15 is 0 Å². The monoisotopic (exact) mass is 504 g/mol. The summed E-state index contributed by atoms with van der Waals surface area (Å²) in [7, 11) is -3.93. The third kappa shape index (κ3) is 4.35. The molecule has 36 heavy (non-hydrogen) atoms. The van der Waals surface area contributed by atoms with Gasteiger partial charge in [-0.05, 0) is 75.9 Å². The topological polar surface area (TPSA) is 103 Å². The third-order valence-electron chi connectivity index (χ3n) is 6.14. The maximum atomic E-state index is 13.9. The molecule has 2 heterocycles. The first-order valence-electron chi connectivity index (χ1n) is 11.8. The second-order valence-electron chi connectivity index (χ2n) is 9.96. The van der Waals surface area contributed by atoms with Crippen molar-refractivity contribution >= 4 is 27.0 Å². The largest absolute Gasteiger partial charge is 0.444 e. The van der Waals surface area contributed by atoms with E-state index in [9.17, 15) is 13.2 Å². The molecule has 1 N–H and O–H groups in total. The number of nitrogens with one attached hydrogen (secondary N) is 1. The molecular formula is C27H28N4O4S. The number of rotatable bonds is 4. The van der Waals surface area contributed by atoms with Gasteiger partial charge in [-0.2, -0.15) is 0 Å². The summed E-state index contributed by atoms with van der Waals surface area (Å²) in [4.78, 5) is 21.4. The lowest BCUT2D eigenvalue weighted by molar-refractivity contribution is 0.0503. The number of hydrogen-bond acceptors (Lipinski definition) is 6. The van der Waals surface area contributed by atoms with Crippen molar-refractivity contribution in [1.82, 2.24) is 19.3 Å². The van der Waals surface area contributed by atoms with Gasteiger partial charge in [-0.1, -0.05) is 24.3 Å². The highest BCUT2D eigenvalue weighted by molar-refractivity contribution is 7.90. The molecule has 1 aliphatic carbocycles. The molecule has 186 valence electrons. The van der Waals surface area contributed by atoms with Gasteiger partial charge in [0.2, 0.25) is 0 Å². The number of fused-ring (bicyclic) bond motifs is 3. The van der Waals surface area contributed by atoms with Crippen LogP contribution in [0.5, 0.6) is 0 Å². The minimum Gasteiger partial charge on any atom is -0.444 e. The lowest BCUT2D eigenvalue weighted by atomic mass is 10.0. The van der Waals surface area contributed by atoms with Gasteiger partial charge in [0.15, 0.2) is 0 Å². The summed E-state index contributed by atoms with van der Waals surface area (Å²) in [5, 5.41) is 3.78. The van der Waals surface area contributed by atoms with Crippen molar-refractivity contribution in [2.24, 2.45) is 0 Å². The van der Waals surface area contributed by atoms with Gasteiger partial charge in [0.25, 0.3) is 10.0 Å². The van der Waals surface area contributed by atoms with Crippen LogP contribution in [0.15, 0.2) is 65.8 Å². The molecule has 8 nitrogen and oxygen atoms in total. The molecule has 0 aliphatic heterocycles. The molecule has 0 radical (unpaired) electrons. The van der Waals surface area contributed by atoms with E-state index in [0.29, 0.717) is 35.4 Å². The molecule has 9 heteroatoms. The van der Waals surface area contributed by atoms with Crippen LogP contribution in [0, 0.1) is 6.92 Å². The number of aromatic nitrogens is 3. The molecule has 0 bridgehead atoms. The summed E-state index contributed by atoms with van der Waals surface area (Å²) in [5.74, 6) is 0. The summed E-state index contributed by atoms with van der Waals surface area (Å²) < 4.78 is 34.5. The molecule has 0 saturated carbocycles. The van der Waals surface area contributed by atoms with Gasteiger partial charge < -0.3 is 10.1 Å². The van der Waals surface area contributed by atoms with E-state index in [1.807, 2.05) is 39.8 Å². The van der Waals surface area contributed by atoms with Crippen LogP contribution in [0.1, 0.15) is 50.1 Å². The van der Waals surface area contributed by atoms with Crippen molar-refractivity contribution in [3.05, 3.63) is 77.7 Å². The predicted octanol–water partition coefficient (Wildman–Crippen LogP) is 5.16. The quantitative estimate of drug-likeness (QED) is 0.412. The fourth-order valence-electron chi connectivity index (χ4n) is 4.70. The molecule has 5 rings (SSSR count). The Labute approximate surface area is 210 Å². The zero-order chi connectivity index (χ0) is 25.7. The maximum Gasteiger partial charge on any atom is 0.408 e. The number of ether oxygens (including phenoxy) is 1. The second kappa shape index (κ2) is 8.74. The Kier molecular flexibility index (Phi) is 5.83. The first kappa shape index (κ1) is 24.0. The van der Waals surface area contributed by atoms with E-state index < -0.39 is 21.7 Å². The van der Waals surface area contributed by atoms with Crippen LogP contribution in [0.4, 0.5) is 4.79 Å². The molecule has 1 amide bonds. The number of alkyl carbamates (subject to hydrolysis) is 1. The Bertz CT molecular complexity index is 1570. The van der Waals surface area contributed by atoms with Crippen LogP contribution in [-0.2, 0) is 21.2 Å². The lowest BCUT2D eigenvalue weighted by Crippen LogP contribution is -2.34. The molecule has 0 fully saturated rings. The van der Waals surface area contributed by atoms with E-state index in [2.05, 4.69) is 15.3 Å². The number of hydrogen-bond donors (Lipinski definition) is 1. The predicted molar refractivity (Wildman–Crippen MR) is 137 cm³/mol. The molecule has 1 aliphatic rings. The summed E-state index contributed by atoms with van der Waals surface area (Å²) in [6.45, 7) is 7.29. The number of nitrogens with zero attached hydrogens (tertiary/aromatic N) is 3. The smallest absolute Gasteiger partial charge is 0.408 e. The zero-order valence-corrected chi connectivity index (χ0v) is 21.5. The van der Waals surface area contributed by atoms with Gasteiger partial charge in [-0.15, -0.1) is 0 Å². The number of carbonyl (C=O) groups is 1. The molecule has 1 atom stereocenters. The Hall–Kier alpha value is -3.72. The fraction of sp³-hybridized carbons (Fsp3) is 0.296. The van der Waals surface area contributed by atoms with Crippen LogP contribution < -0.4 is 5.32 Å². The van der Waals surface area contributed by atoms with Crippen LogP contribution in [0.3, 0.4) is 0 Å². The Morgan fingerprint density at radius 1 is 1.11 bits per heavy atom. The van der Waals surface area contributed by atoms with E-state index in [4.69, 9.17) is 4.74 Å². The zero-order valence-electron chi connectivity index (χ0n) is 20.6. The van der Waals surface area contributed by atoms with Gasteiger partial charge in [0.05, 0.1) is 34.0 Å². The van der Waals surface area contributed by atoms with Crippen LogP contribution >= 0.6 is 0 Å². The molecule has 4 aromatic rings. The van der Waals surface area contributed by atoms with Crippen molar-refractivity contribution in [3.8, 4) is 11.4 Å². The third-order valence-corrected chi connectivity index (χ3v) is 7.88. The minimum atomic E-state index is -3.93. The van der Waals surface area contributed by atoms with Gasteiger partial charge in [0.1, 0.15) is 11.3 Å². The van der Waals surface area contributed by atoms with E-state index in [1.54, 1.807) is 48.8 Å². The Balaban J connectivity index is 1.67. The van der Waals surface area contributed by atoms with Crippen molar-refractivity contribution in [2.75, 3.05) is 0 Å². The summed E-state index contributed by atoms with van der Waals surface area (Å²) >= 11 is 0. The highest BCUT2D eigenvalue weighted by atomic mass is 32.2. The molecule has 0 unspecified atom stereocenters. The van der Waals surface area contributed by atoms with Crippen molar-refractivity contribution in [2.45, 2.75) is 57.1 Å². The highest BCUT2D eigenvalue weighted by Crippen LogP contribution is 2.40. The van der Waals surface area contributed by atoms with Gasteiger partial charge >= 0.3 is 6.09 Å². The van der Waals surface area contributed by atoms with Crippen molar-refractivity contribution < 1.29 is 17.9 Å². The van der Waals surface area contributed by atoms with Gasteiger partial charge in [0, 0.05) is 11.6 Å². The molecule has 0 saturated heterocycles. The second-order valence-corrected chi connectivity index (χ2v) is 11.7. The highest BCUT2D eigenvalue weighted by Gasteiger charge is 2.31. The summed E-state index contributed by atoms with van der Waals surface area (Å²) in [6, 6.07) is 13.7. The van der Waals surface area contributed by atoms with Gasteiger partial charge in [-0.3, -0.25) is 4.98 Å². The molecular weight excluding hydrogens is 476 g/mol. The first-order valence-corrected chi connectivity index (χ1v) is 13.2. The van der Waals surface area contributed by atoms with E-state index in [1.165, 1.54) is 3.97 Å². The first-order chi connectivity index (χ1) is 17.0. The molecule has 0 spiro atoms. The maximum absolute atomic E-state index is 13.9. The average molecular weight is 505 g/mol. The average Bonchev–Trinajstić information content (AvgIpc) is 3.40. The van der Waals surface area contributed by atoms with Crippen LogP contribution in [-0.4, -0.2) is 34.1 Å². The van der Waals surface area contributed by atoms with E-state index in [-0.39, 0.29) is 10.9 Å². The van der Waals surface area contributed by atoms with E-state index in [0.717, 1.165) is 16.5 Å². The number of carbonyl (C=O) groups excluding carboxylic acids is 1. The van der Waals surface area contributed by atoms with Crippen molar-refractivity contribution in [3.63, 3.8) is 0 Å². The van der Waals surface area contributed by atoms with Crippen molar-refractivity contribution in [1.29, 1.82) is 0 Å².